The van der Waals surface area contributed by atoms with Crippen molar-refractivity contribution >= 4 is 11.9 Å². The van der Waals surface area contributed by atoms with E-state index in [1.165, 1.54) is 0 Å². The molecule has 1 aromatic heterocycles. The lowest BCUT2D eigenvalue weighted by molar-refractivity contribution is -0.152. The Morgan fingerprint density at radius 1 is 1.32 bits per heavy atom. The second kappa shape index (κ2) is 5.91. The molecule has 2 aliphatic rings. The summed E-state index contributed by atoms with van der Waals surface area (Å²) >= 11 is 0. The van der Waals surface area contributed by atoms with Gasteiger partial charge in [-0.1, -0.05) is 18.2 Å². The Hall–Kier alpha value is -2.83. The molecule has 0 radical (unpaired) electrons. The lowest BCUT2D eigenvalue weighted by Gasteiger charge is -2.35. The van der Waals surface area contributed by atoms with Gasteiger partial charge in [0.15, 0.2) is 0 Å². The molecule has 2 aliphatic heterocycles. The summed E-state index contributed by atoms with van der Waals surface area (Å²) in [4.78, 5) is 26.3. The zero-order chi connectivity index (χ0) is 17.4. The van der Waals surface area contributed by atoms with Gasteiger partial charge in [-0.25, -0.2) is 0 Å². The Bertz CT molecular complexity index is 804. The fraction of sp³-hybridized carbons (Fsp3) is 0.389. The Kier molecular flexibility index (Phi) is 3.71. The molecule has 1 N–H and O–H groups in total. The van der Waals surface area contributed by atoms with Gasteiger partial charge in [0.25, 0.3) is 0 Å². The van der Waals surface area contributed by atoms with Gasteiger partial charge in [0, 0.05) is 49.9 Å². The highest BCUT2D eigenvalue weighted by Crippen LogP contribution is 2.49. The first-order chi connectivity index (χ1) is 12.1. The van der Waals surface area contributed by atoms with Crippen LogP contribution in [0.15, 0.2) is 42.7 Å². The van der Waals surface area contributed by atoms with E-state index >= 15 is 0 Å². The maximum atomic E-state index is 12.6. The third-order valence-electron chi connectivity index (χ3n) is 5.22. The summed E-state index contributed by atoms with van der Waals surface area (Å²) in [5.41, 5.74) is -0.200. The summed E-state index contributed by atoms with van der Waals surface area (Å²) in [6.45, 7) is 1.16. The zero-order valence-electron chi connectivity index (χ0n) is 13.7. The number of fused-ring (bicyclic) bond motifs is 3. The van der Waals surface area contributed by atoms with Crippen LogP contribution in [0.4, 0.5) is 0 Å². The van der Waals surface area contributed by atoms with Gasteiger partial charge >= 0.3 is 5.97 Å². The minimum Gasteiger partial charge on any atom is -0.492 e. The predicted octanol–water partition coefficient (Wildman–Crippen LogP) is 1.36. The molecule has 4 rings (SSSR count). The van der Waals surface area contributed by atoms with E-state index in [0.29, 0.717) is 19.5 Å². The second-order valence-corrected chi connectivity index (χ2v) is 6.63. The van der Waals surface area contributed by atoms with Crippen LogP contribution in [-0.4, -0.2) is 51.4 Å². The predicted molar refractivity (Wildman–Crippen MR) is 88.2 cm³/mol. The van der Waals surface area contributed by atoms with Gasteiger partial charge in [0.05, 0.1) is 0 Å². The normalized spacial score (nSPS) is 24.3. The van der Waals surface area contributed by atoms with Gasteiger partial charge in [0.2, 0.25) is 5.91 Å². The van der Waals surface area contributed by atoms with Gasteiger partial charge in [-0.15, -0.1) is 0 Å². The third kappa shape index (κ3) is 2.56. The molecule has 130 valence electrons. The minimum atomic E-state index is -1.07. The summed E-state index contributed by atoms with van der Waals surface area (Å²) < 4.78 is 7.42. The van der Waals surface area contributed by atoms with Crippen molar-refractivity contribution in [3.05, 3.63) is 48.3 Å². The SMILES string of the molecule is O=C(CCn1cccn1)N1C[C@H]2c3ccccc3OC[C@@]2(C(=O)O)C1. The summed E-state index contributed by atoms with van der Waals surface area (Å²) in [6.07, 6.45) is 3.77. The lowest BCUT2D eigenvalue weighted by atomic mass is 9.73. The van der Waals surface area contributed by atoms with E-state index in [9.17, 15) is 14.7 Å². The van der Waals surface area contributed by atoms with E-state index in [4.69, 9.17) is 4.74 Å². The molecule has 0 aliphatic carbocycles. The highest BCUT2D eigenvalue weighted by atomic mass is 16.5. The Morgan fingerprint density at radius 2 is 2.16 bits per heavy atom. The molecule has 0 unspecified atom stereocenters. The van der Waals surface area contributed by atoms with Crippen LogP contribution in [0.3, 0.4) is 0 Å². The number of hydrogen-bond donors (Lipinski definition) is 1. The summed E-state index contributed by atoms with van der Waals surface area (Å²) in [6, 6.07) is 9.30. The molecule has 3 heterocycles. The molecule has 25 heavy (non-hydrogen) atoms. The molecule has 0 bridgehead atoms. The lowest BCUT2D eigenvalue weighted by Crippen LogP contribution is -2.46. The molecular weight excluding hydrogens is 322 g/mol. The molecular formula is C18H19N3O4. The third-order valence-corrected chi connectivity index (χ3v) is 5.22. The van der Waals surface area contributed by atoms with Crippen molar-refractivity contribution in [2.45, 2.75) is 18.9 Å². The number of aryl methyl sites for hydroxylation is 1. The number of carbonyl (C=O) groups is 2. The summed E-state index contributed by atoms with van der Waals surface area (Å²) in [5, 5.41) is 14.0. The number of nitrogens with zero attached hydrogens (tertiary/aromatic N) is 3. The average Bonchev–Trinajstić information content (AvgIpc) is 3.27. The van der Waals surface area contributed by atoms with Crippen LogP contribution in [-0.2, 0) is 16.1 Å². The molecule has 1 amide bonds. The van der Waals surface area contributed by atoms with Crippen LogP contribution in [0.2, 0.25) is 0 Å². The maximum absolute atomic E-state index is 12.6. The quantitative estimate of drug-likeness (QED) is 0.908. The van der Waals surface area contributed by atoms with Crippen molar-refractivity contribution in [1.29, 1.82) is 0 Å². The average molecular weight is 341 g/mol. The number of carboxylic acid groups (broad SMARTS) is 1. The number of aliphatic carboxylic acids is 1. The van der Waals surface area contributed by atoms with E-state index < -0.39 is 11.4 Å². The number of carbonyl (C=O) groups excluding carboxylic acids is 1. The molecule has 7 heteroatoms. The number of ether oxygens (including phenoxy) is 1. The Morgan fingerprint density at radius 3 is 2.92 bits per heavy atom. The second-order valence-electron chi connectivity index (χ2n) is 6.63. The van der Waals surface area contributed by atoms with Crippen molar-refractivity contribution in [2.24, 2.45) is 5.41 Å². The van der Waals surface area contributed by atoms with Crippen molar-refractivity contribution in [2.75, 3.05) is 19.7 Å². The molecule has 1 fully saturated rings. The standard InChI is InChI=1S/C18H19N3O4/c22-16(6-9-21-8-3-7-19-21)20-10-14-13-4-1-2-5-15(13)25-12-18(14,11-20)17(23)24/h1-5,7-8,14H,6,9-12H2,(H,23,24)/t14-,18-/m0/s1. The van der Waals surface area contributed by atoms with Crippen LogP contribution >= 0.6 is 0 Å². The first-order valence-corrected chi connectivity index (χ1v) is 8.30. The van der Waals surface area contributed by atoms with Crippen LogP contribution < -0.4 is 4.74 Å². The van der Waals surface area contributed by atoms with Gasteiger partial charge in [-0.05, 0) is 12.1 Å². The van der Waals surface area contributed by atoms with E-state index in [2.05, 4.69) is 5.10 Å². The molecule has 2 atom stereocenters. The van der Waals surface area contributed by atoms with Gasteiger partial charge in [-0.2, -0.15) is 5.10 Å². The Labute approximate surface area is 144 Å². The number of hydrogen-bond acceptors (Lipinski definition) is 4. The van der Waals surface area contributed by atoms with Crippen molar-refractivity contribution < 1.29 is 19.4 Å². The van der Waals surface area contributed by atoms with Gasteiger partial charge in [-0.3, -0.25) is 14.3 Å². The number of rotatable bonds is 4. The minimum absolute atomic E-state index is 0.0528. The Balaban J connectivity index is 1.56. The largest absolute Gasteiger partial charge is 0.492 e. The molecule has 1 aromatic carbocycles. The highest BCUT2D eigenvalue weighted by molar-refractivity contribution is 5.82. The smallest absolute Gasteiger partial charge is 0.315 e. The molecule has 2 aromatic rings. The molecule has 7 nitrogen and oxygen atoms in total. The number of aromatic nitrogens is 2. The maximum Gasteiger partial charge on any atom is 0.315 e. The topological polar surface area (TPSA) is 84.7 Å². The molecule has 1 saturated heterocycles. The fourth-order valence-corrected chi connectivity index (χ4v) is 3.83. The van der Waals surface area contributed by atoms with Crippen molar-refractivity contribution in [3.8, 4) is 5.75 Å². The van der Waals surface area contributed by atoms with E-state index in [1.54, 1.807) is 22.0 Å². The van der Waals surface area contributed by atoms with E-state index in [1.807, 2.05) is 30.3 Å². The monoisotopic (exact) mass is 341 g/mol. The fourth-order valence-electron chi connectivity index (χ4n) is 3.83. The zero-order valence-corrected chi connectivity index (χ0v) is 13.7. The first kappa shape index (κ1) is 15.7. The summed E-state index contributed by atoms with van der Waals surface area (Å²) in [5.74, 6) is -0.490. The first-order valence-electron chi connectivity index (χ1n) is 8.30. The number of carboxylic acids is 1. The highest BCUT2D eigenvalue weighted by Gasteiger charge is 2.57. The van der Waals surface area contributed by atoms with Crippen molar-refractivity contribution in [1.82, 2.24) is 14.7 Å². The van der Waals surface area contributed by atoms with E-state index in [-0.39, 0.29) is 25.0 Å². The van der Waals surface area contributed by atoms with Gasteiger partial charge in [0.1, 0.15) is 17.8 Å². The molecule has 0 saturated carbocycles. The number of para-hydroxylation sites is 1. The number of amides is 1. The van der Waals surface area contributed by atoms with Gasteiger partial charge < -0.3 is 14.7 Å². The van der Waals surface area contributed by atoms with Crippen LogP contribution in [0.25, 0.3) is 0 Å². The summed E-state index contributed by atoms with van der Waals surface area (Å²) in [7, 11) is 0. The van der Waals surface area contributed by atoms with Crippen LogP contribution in [0.5, 0.6) is 5.75 Å². The van der Waals surface area contributed by atoms with Crippen molar-refractivity contribution in [3.63, 3.8) is 0 Å². The number of benzene rings is 1. The molecule has 0 spiro atoms. The van der Waals surface area contributed by atoms with Crippen LogP contribution in [0.1, 0.15) is 17.9 Å². The number of likely N-dealkylation sites (tertiary alicyclic amines) is 1. The van der Waals surface area contributed by atoms with E-state index in [0.717, 1.165) is 11.3 Å². The van der Waals surface area contributed by atoms with Crippen LogP contribution in [0, 0.1) is 5.41 Å².